The van der Waals surface area contributed by atoms with Gasteiger partial charge in [0.25, 0.3) is 0 Å². The van der Waals surface area contributed by atoms with Crippen LogP contribution in [0.2, 0.25) is 0 Å². The molecular weight excluding hydrogens is 294 g/mol. The molecule has 2 amide bonds. The number of aliphatic hydroxyl groups excluding tert-OH is 1. The van der Waals surface area contributed by atoms with Crippen molar-refractivity contribution in [3.8, 4) is 0 Å². The Balaban J connectivity index is 2.62. The highest BCUT2D eigenvalue weighted by Gasteiger charge is 2.24. The molecule has 0 fully saturated rings. The van der Waals surface area contributed by atoms with Crippen LogP contribution in [0.4, 0.5) is 0 Å². The predicted molar refractivity (Wildman–Crippen MR) is 89.6 cm³/mol. The SMILES string of the molecule is CC(C)C[C@H](NC(=O)[C@@H](N)Cc1ccccc1)C(=O)NCCO. The van der Waals surface area contributed by atoms with Crippen LogP contribution in [0.3, 0.4) is 0 Å². The summed E-state index contributed by atoms with van der Waals surface area (Å²) in [6, 6.07) is 8.15. The van der Waals surface area contributed by atoms with Crippen molar-refractivity contribution in [2.75, 3.05) is 13.2 Å². The summed E-state index contributed by atoms with van der Waals surface area (Å²) in [5, 5.41) is 14.1. The summed E-state index contributed by atoms with van der Waals surface area (Å²) in [6.45, 7) is 3.98. The molecule has 0 saturated carbocycles. The fourth-order valence-corrected chi connectivity index (χ4v) is 2.24. The lowest BCUT2D eigenvalue weighted by Gasteiger charge is -2.22. The third-order valence-electron chi connectivity index (χ3n) is 3.39. The lowest BCUT2D eigenvalue weighted by atomic mass is 10.0. The summed E-state index contributed by atoms with van der Waals surface area (Å²) in [5.74, 6) is -0.405. The molecule has 23 heavy (non-hydrogen) atoms. The molecule has 0 saturated heterocycles. The third kappa shape index (κ3) is 7.25. The number of carbonyl (C=O) groups excluding carboxylic acids is 2. The standard InChI is InChI=1S/C17H27N3O3/c1-12(2)10-15(17(23)19-8-9-21)20-16(22)14(18)11-13-6-4-3-5-7-13/h3-7,12,14-15,21H,8-11,18H2,1-2H3,(H,19,23)(H,20,22)/t14-,15-/m0/s1. The summed E-state index contributed by atoms with van der Waals surface area (Å²) in [6.07, 6.45) is 0.931. The predicted octanol–water partition coefficient (Wildman–Crippen LogP) is 0.196. The number of rotatable bonds is 9. The summed E-state index contributed by atoms with van der Waals surface area (Å²) in [5.41, 5.74) is 6.92. The molecule has 6 heteroatoms. The lowest BCUT2D eigenvalue weighted by Crippen LogP contribution is -2.52. The Morgan fingerprint density at radius 1 is 1.17 bits per heavy atom. The van der Waals surface area contributed by atoms with E-state index in [1.807, 2.05) is 44.2 Å². The third-order valence-corrected chi connectivity index (χ3v) is 3.39. The van der Waals surface area contributed by atoms with Crippen LogP contribution in [0, 0.1) is 5.92 Å². The molecule has 1 aromatic rings. The van der Waals surface area contributed by atoms with Gasteiger partial charge in [0.1, 0.15) is 6.04 Å². The Morgan fingerprint density at radius 2 is 1.83 bits per heavy atom. The fraction of sp³-hybridized carbons (Fsp3) is 0.529. The number of aliphatic hydroxyl groups is 1. The van der Waals surface area contributed by atoms with Gasteiger partial charge in [-0.2, -0.15) is 0 Å². The van der Waals surface area contributed by atoms with Gasteiger partial charge in [0.15, 0.2) is 0 Å². The van der Waals surface area contributed by atoms with Crippen molar-refractivity contribution in [1.82, 2.24) is 10.6 Å². The second-order valence-electron chi connectivity index (χ2n) is 6.00. The Kier molecular flexibility index (Phi) is 8.29. The number of amides is 2. The number of benzene rings is 1. The summed E-state index contributed by atoms with van der Waals surface area (Å²) in [7, 11) is 0. The van der Waals surface area contributed by atoms with Gasteiger partial charge in [-0.05, 0) is 24.3 Å². The minimum atomic E-state index is -0.710. The van der Waals surface area contributed by atoms with E-state index >= 15 is 0 Å². The molecule has 0 aliphatic carbocycles. The van der Waals surface area contributed by atoms with E-state index in [-0.39, 0.29) is 30.9 Å². The average molecular weight is 321 g/mol. The Labute approximate surface area is 137 Å². The van der Waals surface area contributed by atoms with E-state index in [1.54, 1.807) is 0 Å². The number of hydrogen-bond donors (Lipinski definition) is 4. The van der Waals surface area contributed by atoms with Gasteiger partial charge in [0.2, 0.25) is 11.8 Å². The van der Waals surface area contributed by atoms with Crippen LogP contribution < -0.4 is 16.4 Å². The van der Waals surface area contributed by atoms with Crippen molar-refractivity contribution in [3.05, 3.63) is 35.9 Å². The van der Waals surface area contributed by atoms with Gasteiger partial charge in [-0.25, -0.2) is 0 Å². The highest BCUT2D eigenvalue weighted by atomic mass is 16.3. The van der Waals surface area contributed by atoms with Crippen molar-refractivity contribution >= 4 is 11.8 Å². The van der Waals surface area contributed by atoms with Crippen LogP contribution in [0.1, 0.15) is 25.8 Å². The lowest BCUT2D eigenvalue weighted by molar-refractivity contribution is -0.130. The maximum Gasteiger partial charge on any atom is 0.242 e. The van der Waals surface area contributed by atoms with Gasteiger partial charge in [-0.1, -0.05) is 44.2 Å². The molecule has 0 aromatic heterocycles. The minimum Gasteiger partial charge on any atom is -0.395 e. The zero-order chi connectivity index (χ0) is 17.2. The molecule has 0 bridgehead atoms. The van der Waals surface area contributed by atoms with E-state index in [4.69, 9.17) is 10.8 Å². The smallest absolute Gasteiger partial charge is 0.242 e. The van der Waals surface area contributed by atoms with Gasteiger partial charge >= 0.3 is 0 Å². The highest BCUT2D eigenvalue weighted by Crippen LogP contribution is 2.07. The monoisotopic (exact) mass is 321 g/mol. The van der Waals surface area contributed by atoms with Crippen LogP contribution in [0.25, 0.3) is 0 Å². The van der Waals surface area contributed by atoms with Gasteiger partial charge in [-0.15, -0.1) is 0 Å². The normalized spacial score (nSPS) is 13.4. The molecule has 0 unspecified atom stereocenters. The highest BCUT2D eigenvalue weighted by molar-refractivity contribution is 5.89. The first kappa shape index (κ1) is 19.1. The molecule has 0 aliphatic rings. The number of hydrogen-bond acceptors (Lipinski definition) is 4. The zero-order valence-electron chi connectivity index (χ0n) is 13.8. The molecule has 1 rings (SSSR count). The van der Waals surface area contributed by atoms with E-state index in [2.05, 4.69) is 10.6 Å². The quantitative estimate of drug-likeness (QED) is 0.521. The van der Waals surface area contributed by atoms with Crippen molar-refractivity contribution in [1.29, 1.82) is 0 Å². The van der Waals surface area contributed by atoms with Crippen LogP contribution >= 0.6 is 0 Å². The Hall–Kier alpha value is -1.92. The summed E-state index contributed by atoms with van der Waals surface area (Å²) in [4.78, 5) is 24.3. The van der Waals surface area contributed by atoms with E-state index in [1.165, 1.54) is 0 Å². The second kappa shape index (κ2) is 9.97. The number of nitrogens with one attached hydrogen (secondary N) is 2. The first-order valence-electron chi connectivity index (χ1n) is 7.92. The molecule has 1 aromatic carbocycles. The first-order chi connectivity index (χ1) is 10.9. The molecule has 2 atom stereocenters. The Bertz CT molecular complexity index is 491. The molecule has 128 valence electrons. The van der Waals surface area contributed by atoms with Crippen molar-refractivity contribution in [3.63, 3.8) is 0 Å². The van der Waals surface area contributed by atoms with Crippen LogP contribution in [0.5, 0.6) is 0 Å². The topological polar surface area (TPSA) is 104 Å². The maximum absolute atomic E-state index is 12.3. The van der Waals surface area contributed by atoms with Crippen molar-refractivity contribution < 1.29 is 14.7 Å². The summed E-state index contributed by atoms with van der Waals surface area (Å²) >= 11 is 0. The summed E-state index contributed by atoms with van der Waals surface area (Å²) < 4.78 is 0. The molecule has 0 radical (unpaired) electrons. The molecule has 0 spiro atoms. The largest absolute Gasteiger partial charge is 0.395 e. The van der Waals surface area contributed by atoms with Crippen molar-refractivity contribution in [2.45, 2.75) is 38.8 Å². The van der Waals surface area contributed by atoms with E-state index in [0.717, 1.165) is 5.56 Å². The minimum absolute atomic E-state index is 0.137. The maximum atomic E-state index is 12.3. The van der Waals surface area contributed by atoms with Crippen molar-refractivity contribution in [2.24, 2.45) is 11.7 Å². The zero-order valence-corrected chi connectivity index (χ0v) is 13.8. The number of nitrogens with two attached hydrogens (primary N) is 1. The van der Waals surface area contributed by atoms with E-state index < -0.39 is 12.1 Å². The molecule has 0 aliphatic heterocycles. The van der Waals surface area contributed by atoms with Crippen LogP contribution in [-0.2, 0) is 16.0 Å². The van der Waals surface area contributed by atoms with Gasteiger partial charge in [0, 0.05) is 6.54 Å². The fourth-order valence-electron chi connectivity index (χ4n) is 2.24. The number of carbonyl (C=O) groups is 2. The molecule has 6 nitrogen and oxygen atoms in total. The molecule has 0 heterocycles. The second-order valence-corrected chi connectivity index (χ2v) is 6.00. The van der Waals surface area contributed by atoms with Gasteiger partial charge < -0.3 is 21.5 Å². The molecule has 5 N–H and O–H groups in total. The Morgan fingerprint density at radius 3 is 2.39 bits per heavy atom. The van der Waals surface area contributed by atoms with Crippen LogP contribution in [-0.4, -0.2) is 42.2 Å². The van der Waals surface area contributed by atoms with Crippen LogP contribution in [0.15, 0.2) is 30.3 Å². The van der Waals surface area contributed by atoms with Gasteiger partial charge in [0.05, 0.1) is 12.6 Å². The van der Waals surface area contributed by atoms with E-state index in [9.17, 15) is 9.59 Å². The molecular formula is C17H27N3O3. The average Bonchev–Trinajstić information content (AvgIpc) is 2.52. The van der Waals surface area contributed by atoms with E-state index in [0.29, 0.717) is 12.8 Å². The first-order valence-corrected chi connectivity index (χ1v) is 7.92. The van der Waals surface area contributed by atoms with Gasteiger partial charge in [-0.3, -0.25) is 9.59 Å².